The van der Waals surface area contributed by atoms with Crippen LogP contribution in [0.3, 0.4) is 0 Å². The van der Waals surface area contributed by atoms with E-state index in [1.165, 1.54) is 4.90 Å². The van der Waals surface area contributed by atoms with Crippen molar-refractivity contribution in [2.24, 2.45) is 0 Å². The van der Waals surface area contributed by atoms with Gasteiger partial charge in [0.2, 0.25) is 0 Å². The number of fused-ring (bicyclic) bond motifs is 1. The van der Waals surface area contributed by atoms with Gasteiger partial charge in [0.05, 0.1) is 12.1 Å². The number of benzene rings is 1. The van der Waals surface area contributed by atoms with E-state index in [1.807, 2.05) is 30.3 Å². The molecule has 5 heteroatoms. The van der Waals surface area contributed by atoms with Gasteiger partial charge >= 0.3 is 6.03 Å². The molecule has 1 N–H and O–H groups in total. The quantitative estimate of drug-likeness (QED) is 0.862. The van der Waals surface area contributed by atoms with Gasteiger partial charge in [-0.3, -0.25) is 14.7 Å². The van der Waals surface area contributed by atoms with Crippen molar-refractivity contribution in [2.75, 3.05) is 0 Å². The Morgan fingerprint density at radius 1 is 1.04 bits per heavy atom. The first-order valence-corrected chi connectivity index (χ1v) is 8.66. The zero-order valence-electron chi connectivity index (χ0n) is 13.6. The monoisotopic (exact) mass is 323 g/mol. The van der Waals surface area contributed by atoms with Crippen LogP contribution in [0.25, 0.3) is 10.9 Å². The summed E-state index contributed by atoms with van der Waals surface area (Å²) in [5, 5.41) is 4.01. The zero-order chi connectivity index (χ0) is 16.6. The van der Waals surface area contributed by atoms with Gasteiger partial charge in [0.15, 0.2) is 0 Å². The summed E-state index contributed by atoms with van der Waals surface area (Å²) in [5.74, 6) is -0.0673. The van der Waals surface area contributed by atoms with Gasteiger partial charge in [0.1, 0.15) is 5.54 Å². The van der Waals surface area contributed by atoms with Crippen LogP contribution in [0.2, 0.25) is 0 Å². The van der Waals surface area contributed by atoms with E-state index in [9.17, 15) is 9.59 Å². The minimum Gasteiger partial charge on any atom is -0.323 e. The van der Waals surface area contributed by atoms with Gasteiger partial charge in [-0.15, -0.1) is 0 Å². The smallest absolute Gasteiger partial charge is 0.323 e. The molecule has 1 aromatic heterocycles. The van der Waals surface area contributed by atoms with Crippen molar-refractivity contribution in [3.05, 3.63) is 42.1 Å². The standard InChI is InChI=1S/C19H21N3O2/c23-17-19(10-3-1-2-4-11-19)21-18(24)22(17)13-15-8-5-7-14-9-6-12-20-16(14)15/h5-9,12H,1-4,10-11,13H2,(H,21,24). The second kappa shape index (κ2) is 5.89. The molecule has 1 aromatic carbocycles. The lowest BCUT2D eigenvalue weighted by Crippen LogP contribution is -2.46. The number of aromatic nitrogens is 1. The van der Waals surface area contributed by atoms with Crippen molar-refractivity contribution in [1.82, 2.24) is 15.2 Å². The first kappa shape index (κ1) is 15.1. The molecule has 4 rings (SSSR count). The minimum absolute atomic E-state index is 0.0673. The van der Waals surface area contributed by atoms with E-state index in [0.29, 0.717) is 0 Å². The summed E-state index contributed by atoms with van der Waals surface area (Å²) in [6.45, 7) is 0.279. The van der Waals surface area contributed by atoms with Gasteiger partial charge in [-0.25, -0.2) is 4.79 Å². The van der Waals surface area contributed by atoms with Gasteiger partial charge in [-0.1, -0.05) is 49.9 Å². The molecule has 2 aromatic rings. The van der Waals surface area contributed by atoms with Crippen molar-refractivity contribution in [3.63, 3.8) is 0 Å². The third kappa shape index (κ3) is 2.44. The van der Waals surface area contributed by atoms with E-state index in [0.717, 1.165) is 55.0 Å². The number of nitrogens with one attached hydrogen (secondary N) is 1. The fraction of sp³-hybridized carbons (Fsp3) is 0.421. The van der Waals surface area contributed by atoms with E-state index in [4.69, 9.17) is 0 Å². The van der Waals surface area contributed by atoms with Crippen LogP contribution >= 0.6 is 0 Å². The second-order valence-electron chi connectivity index (χ2n) is 6.81. The van der Waals surface area contributed by atoms with Crippen molar-refractivity contribution in [2.45, 2.75) is 50.6 Å². The average Bonchev–Trinajstić information content (AvgIpc) is 2.76. The van der Waals surface area contributed by atoms with E-state index >= 15 is 0 Å². The SMILES string of the molecule is O=C1NC2(CCCCCC2)C(=O)N1Cc1cccc2cccnc12. The molecular formula is C19H21N3O2. The highest BCUT2D eigenvalue weighted by Crippen LogP contribution is 2.33. The summed E-state index contributed by atoms with van der Waals surface area (Å²) >= 11 is 0. The molecular weight excluding hydrogens is 302 g/mol. The number of hydrogen-bond acceptors (Lipinski definition) is 3. The molecule has 0 bridgehead atoms. The van der Waals surface area contributed by atoms with Gasteiger partial charge in [-0.05, 0) is 24.5 Å². The molecule has 1 spiro atoms. The fourth-order valence-electron chi connectivity index (χ4n) is 3.96. The number of urea groups is 1. The van der Waals surface area contributed by atoms with E-state index < -0.39 is 5.54 Å². The van der Waals surface area contributed by atoms with Crippen LogP contribution in [0.15, 0.2) is 36.5 Å². The molecule has 0 atom stereocenters. The number of carbonyl (C=O) groups is 2. The summed E-state index contributed by atoms with van der Waals surface area (Å²) in [4.78, 5) is 31.3. The van der Waals surface area contributed by atoms with Crippen LogP contribution in [0.1, 0.15) is 44.1 Å². The van der Waals surface area contributed by atoms with Gasteiger partial charge in [0, 0.05) is 11.6 Å². The van der Waals surface area contributed by atoms with Crippen LogP contribution in [-0.2, 0) is 11.3 Å². The molecule has 124 valence electrons. The predicted octanol–water partition coefficient (Wildman–Crippen LogP) is 3.38. The molecule has 2 heterocycles. The number of imide groups is 1. The molecule has 1 saturated carbocycles. The Kier molecular flexibility index (Phi) is 3.71. The van der Waals surface area contributed by atoms with E-state index in [1.54, 1.807) is 6.20 Å². The van der Waals surface area contributed by atoms with Crippen LogP contribution in [-0.4, -0.2) is 27.4 Å². The summed E-state index contributed by atoms with van der Waals surface area (Å²) < 4.78 is 0. The zero-order valence-corrected chi connectivity index (χ0v) is 13.6. The third-order valence-corrected chi connectivity index (χ3v) is 5.25. The van der Waals surface area contributed by atoms with E-state index in [-0.39, 0.29) is 18.5 Å². The molecule has 24 heavy (non-hydrogen) atoms. The molecule has 2 fully saturated rings. The van der Waals surface area contributed by atoms with E-state index in [2.05, 4.69) is 10.3 Å². The average molecular weight is 323 g/mol. The maximum Gasteiger partial charge on any atom is 0.325 e. The Labute approximate surface area is 141 Å². The Balaban J connectivity index is 1.64. The summed E-state index contributed by atoms with van der Waals surface area (Å²) in [6, 6.07) is 9.48. The number of carbonyl (C=O) groups excluding carboxylic acids is 2. The number of para-hydroxylation sites is 1. The Morgan fingerprint density at radius 2 is 1.79 bits per heavy atom. The highest BCUT2D eigenvalue weighted by Gasteiger charge is 2.50. The highest BCUT2D eigenvalue weighted by molar-refractivity contribution is 6.07. The summed E-state index contributed by atoms with van der Waals surface area (Å²) in [5.41, 5.74) is 1.08. The molecule has 2 aliphatic rings. The van der Waals surface area contributed by atoms with Crippen LogP contribution < -0.4 is 5.32 Å². The van der Waals surface area contributed by atoms with Crippen molar-refractivity contribution in [1.29, 1.82) is 0 Å². The lowest BCUT2D eigenvalue weighted by molar-refractivity contribution is -0.132. The number of rotatable bonds is 2. The molecule has 0 radical (unpaired) electrons. The Hall–Kier alpha value is -2.43. The third-order valence-electron chi connectivity index (χ3n) is 5.25. The maximum atomic E-state index is 13.0. The van der Waals surface area contributed by atoms with Gasteiger partial charge < -0.3 is 5.32 Å². The van der Waals surface area contributed by atoms with Gasteiger partial charge in [-0.2, -0.15) is 0 Å². The fourth-order valence-corrected chi connectivity index (χ4v) is 3.96. The topological polar surface area (TPSA) is 62.3 Å². The Bertz CT molecular complexity index is 789. The maximum absolute atomic E-state index is 13.0. The van der Waals surface area contributed by atoms with Crippen molar-refractivity contribution >= 4 is 22.8 Å². The van der Waals surface area contributed by atoms with Crippen molar-refractivity contribution < 1.29 is 9.59 Å². The Morgan fingerprint density at radius 3 is 2.58 bits per heavy atom. The minimum atomic E-state index is -0.675. The van der Waals surface area contributed by atoms with Crippen LogP contribution in [0.4, 0.5) is 4.79 Å². The molecule has 0 unspecified atom stereocenters. The highest BCUT2D eigenvalue weighted by atomic mass is 16.2. The number of pyridine rings is 1. The lowest BCUT2D eigenvalue weighted by Gasteiger charge is -2.24. The normalized spacial score (nSPS) is 20.4. The first-order chi connectivity index (χ1) is 11.7. The lowest BCUT2D eigenvalue weighted by atomic mass is 9.90. The number of amides is 3. The molecule has 1 aliphatic heterocycles. The molecule has 1 aliphatic carbocycles. The predicted molar refractivity (Wildman–Crippen MR) is 91.3 cm³/mol. The number of hydrogen-bond donors (Lipinski definition) is 1. The van der Waals surface area contributed by atoms with Crippen LogP contribution in [0.5, 0.6) is 0 Å². The second-order valence-corrected chi connectivity index (χ2v) is 6.81. The van der Waals surface area contributed by atoms with Crippen molar-refractivity contribution in [3.8, 4) is 0 Å². The molecule has 5 nitrogen and oxygen atoms in total. The largest absolute Gasteiger partial charge is 0.325 e. The molecule has 1 saturated heterocycles. The summed E-state index contributed by atoms with van der Waals surface area (Å²) in [6.07, 6.45) is 7.51. The summed E-state index contributed by atoms with van der Waals surface area (Å²) in [7, 11) is 0. The molecule has 3 amide bonds. The number of nitrogens with zero attached hydrogens (tertiary/aromatic N) is 2. The first-order valence-electron chi connectivity index (χ1n) is 8.66. The van der Waals surface area contributed by atoms with Crippen LogP contribution in [0, 0.1) is 0 Å². The van der Waals surface area contributed by atoms with Gasteiger partial charge in [0.25, 0.3) is 5.91 Å².